The second-order valence-electron chi connectivity index (χ2n) is 4.71. The summed E-state index contributed by atoms with van der Waals surface area (Å²) in [5.41, 5.74) is 2.92. The number of benzene rings is 2. The van der Waals surface area contributed by atoms with E-state index >= 15 is 0 Å². The third kappa shape index (κ3) is 2.16. The van der Waals surface area contributed by atoms with E-state index in [4.69, 9.17) is 0 Å². The minimum absolute atomic E-state index is 0.188. The van der Waals surface area contributed by atoms with Gasteiger partial charge in [0.25, 0.3) is 0 Å². The Morgan fingerprint density at radius 2 is 2.00 bits per heavy atom. The van der Waals surface area contributed by atoms with Crippen molar-refractivity contribution in [3.05, 3.63) is 69.6 Å². The third-order valence-electron chi connectivity index (χ3n) is 3.26. The molecule has 100 valence electrons. The molecule has 4 heteroatoms. The van der Waals surface area contributed by atoms with E-state index in [1.807, 2.05) is 25.1 Å². The second-order valence-corrected chi connectivity index (χ2v) is 5.56. The molecule has 1 heterocycles. The molecule has 2 nitrogen and oxygen atoms in total. The van der Waals surface area contributed by atoms with Crippen LogP contribution < -0.4 is 0 Å². The molecule has 0 radical (unpaired) electrons. The van der Waals surface area contributed by atoms with Gasteiger partial charge in [0.2, 0.25) is 0 Å². The van der Waals surface area contributed by atoms with Crippen LogP contribution in [-0.2, 0) is 0 Å². The first-order valence-corrected chi connectivity index (χ1v) is 6.93. The fraction of sp³-hybridized carbons (Fsp3) is 0.0625. The fourth-order valence-corrected chi connectivity index (χ4v) is 2.47. The zero-order valence-corrected chi connectivity index (χ0v) is 12.3. The highest BCUT2D eigenvalue weighted by Gasteiger charge is 2.15. The number of fused-ring (bicyclic) bond motifs is 1. The maximum atomic E-state index is 13.5. The van der Waals surface area contributed by atoms with Crippen molar-refractivity contribution in [3.63, 3.8) is 0 Å². The van der Waals surface area contributed by atoms with Gasteiger partial charge in [-0.2, -0.15) is 0 Å². The van der Waals surface area contributed by atoms with Gasteiger partial charge in [0, 0.05) is 28.2 Å². The van der Waals surface area contributed by atoms with Gasteiger partial charge in [-0.1, -0.05) is 12.1 Å². The Balaban J connectivity index is 2.10. The summed E-state index contributed by atoms with van der Waals surface area (Å²) in [6, 6.07) is 10.2. The molecule has 0 aliphatic carbocycles. The Labute approximate surface area is 123 Å². The van der Waals surface area contributed by atoms with E-state index in [1.54, 1.807) is 18.3 Å². The first-order valence-electron chi connectivity index (χ1n) is 6.14. The Kier molecular flexibility index (Phi) is 3.18. The Morgan fingerprint density at radius 3 is 2.75 bits per heavy atom. The zero-order valence-electron chi connectivity index (χ0n) is 10.7. The van der Waals surface area contributed by atoms with Crippen molar-refractivity contribution in [1.29, 1.82) is 0 Å². The Hall–Kier alpha value is -1.94. The second kappa shape index (κ2) is 4.87. The van der Waals surface area contributed by atoms with Crippen molar-refractivity contribution < 1.29 is 9.18 Å². The Morgan fingerprint density at radius 1 is 1.20 bits per heavy atom. The van der Waals surface area contributed by atoms with Crippen LogP contribution >= 0.6 is 15.9 Å². The number of hydrogen-bond donors (Lipinski definition) is 1. The van der Waals surface area contributed by atoms with Crippen LogP contribution in [0.1, 0.15) is 21.5 Å². The average molecular weight is 332 g/mol. The average Bonchev–Trinajstić information content (AvgIpc) is 2.84. The SMILES string of the molecule is Cc1ccc2c(C(=O)c3ccc(Br)c(F)c3)c[nH]c2c1. The molecule has 0 atom stereocenters. The van der Waals surface area contributed by atoms with Gasteiger partial charge in [-0.15, -0.1) is 0 Å². The highest BCUT2D eigenvalue weighted by atomic mass is 79.9. The van der Waals surface area contributed by atoms with Crippen molar-refractivity contribution in [2.75, 3.05) is 0 Å². The molecule has 1 aromatic heterocycles. The molecule has 0 aliphatic heterocycles. The summed E-state index contributed by atoms with van der Waals surface area (Å²) in [7, 11) is 0. The van der Waals surface area contributed by atoms with Gasteiger partial charge < -0.3 is 4.98 Å². The lowest BCUT2D eigenvalue weighted by Crippen LogP contribution is -2.01. The maximum absolute atomic E-state index is 13.5. The number of aromatic amines is 1. The summed E-state index contributed by atoms with van der Waals surface area (Å²) >= 11 is 3.08. The number of carbonyl (C=O) groups is 1. The summed E-state index contributed by atoms with van der Waals surface area (Å²) in [6.07, 6.45) is 1.67. The molecule has 0 amide bonds. The van der Waals surface area contributed by atoms with Gasteiger partial charge >= 0.3 is 0 Å². The van der Waals surface area contributed by atoms with Gasteiger partial charge in [-0.25, -0.2) is 4.39 Å². The largest absolute Gasteiger partial charge is 0.360 e. The van der Waals surface area contributed by atoms with Crippen LogP contribution in [0.5, 0.6) is 0 Å². The molecular formula is C16H11BrFNO. The lowest BCUT2D eigenvalue weighted by Gasteiger charge is -2.02. The lowest BCUT2D eigenvalue weighted by atomic mass is 10.0. The smallest absolute Gasteiger partial charge is 0.195 e. The zero-order chi connectivity index (χ0) is 14.3. The quantitative estimate of drug-likeness (QED) is 0.683. The number of H-pyrrole nitrogens is 1. The fourth-order valence-electron chi connectivity index (χ4n) is 2.22. The maximum Gasteiger partial charge on any atom is 0.195 e. The van der Waals surface area contributed by atoms with Crippen LogP contribution in [-0.4, -0.2) is 10.8 Å². The number of aryl methyl sites for hydroxylation is 1. The van der Waals surface area contributed by atoms with Crippen molar-refractivity contribution in [2.24, 2.45) is 0 Å². The Bertz CT molecular complexity index is 822. The summed E-state index contributed by atoms with van der Waals surface area (Å²) in [5, 5.41) is 0.851. The number of nitrogens with one attached hydrogen (secondary N) is 1. The monoisotopic (exact) mass is 331 g/mol. The molecule has 3 aromatic rings. The van der Waals surface area contributed by atoms with Crippen molar-refractivity contribution >= 4 is 32.6 Å². The minimum Gasteiger partial charge on any atom is -0.360 e. The van der Waals surface area contributed by atoms with E-state index in [-0.39, 0.29) is 5.78 Å². The number of ketones is 1. The number of aromatic nitrogens is 1. The number of hydrogen-bond acceptors (Lipinski definition) is 1. The topological polar surface area (TPSA) is 32.9 Å². The predicted octanol–water partition coefficient (Wildman–Crippen LogP) is 4.61. The number of carbonyl (C=O) groups excluding carboxylic acids is 1. The summed E-state index contributed by atoms with van der Waals surface area (Å²) < 4.78 is 13.9. The third-order valence-corrected chi connectivity index (χ3v) is 3.91. The first-order chi connectivity index (χ1) is 9.56. The van der Waals surface area contributed by atoms with Crippen LogP contribution in [0, 0.1) is 12.7 Å². The normalized spacial score (nSPS) is 10.9. The van der Waals surface area contributed by atoms with Gasteiger partial charge in [0.05, 0.1) is 4.47 Å². The molecule has 20 heavy (non-hydrogen) atoms. The number of halogens is 2. The van der Waals surface area contributed by atoms with Crippen LogP contribution in [0.25, 0.3) is 10.9 Å². The van der Waals surface area contributed by atoms with E-state index in [0.717, 1.165) is 16.5 Å². The van der Waals surface area contributed by atoms with E-state index in [9.17, 15) is 9.18 Å². The summed E-state index contributed by atoms with van der Waals surface area (Å²) in [5.74, 6) is -0.627. The van der Waals surface area contributed by atoms with Crippen molar-refractivity contribution in [3.8, 4) is 0 Å². The molecule has 0 bridgehead atoms. The lowest BCUT2D eigenvalue weighted by molar-refractivity contribution is 0.104. The highest BCUT2D eigenvalue weighted by Crippen LogP contribution is 2.24. The molecule has 1 N–H and O–H groups in total. The number of rotatable bonds is 2. The van der Waals surface area contributed by atoms with E-state index in [2.05, 4.69) is 20.9 Å². The molecule has 0 spiro atoms. The van der Waals surface area contributed by atoms with Gasteiger partial charge in [-0.3, -0.25) is 4.79 Å². The van der Waals surface area contributed by atoms with Gasteiger partial charge in [0.1, 0.15) is 5.82 Å². The molecule has 2 aromatic carbocycles. The van der Waals surface area contributed by atoms with Crippen LogP contribution in [0.3, 0.4) is 0 Å². The van der Waals surface area contributed by atoms with E-state index in [0.29, 0.717) is 15.6 Å². The van der Waals surface area contributed by atoms with Gasteiger partial charge in [0.15, 0.2) is 5.78 Å². The molecule has 0 saturated carbocycles. The van der Waals surface area contributed by atoms with Crippen molar-refractivity contribution in [1.82, 2.24) is 4.98 Å². The predicted molar refractivity (Wildman–Crippen MR) is 80.6 cm³/mol. The van der Waals surface area contributed by atoms with E-state index < -0.39 is 5.82 Å². The van der Waals surface area contributed by atoms with Crippen LogP contribution in [0.15, 0.2) is 47.1 Å². The van der Waals surface area contributed by atoms with Crippen molar-refractivity contribution in [2.45, 2.75) is 6.92 Å². The van der Waals surface area contributed by atoms with Gasteiger partial charge in [-0.05, 0) is 52.7 Å². The van der Waals surface area contributed by atoms with Crippen LogP contribution in [0.2, 0.25) is 0 Å². The molecule has 3 rings (SSSR count). The molecule has 0 unspecified atom stereocenters. The molecule has 0 saturated heterocycles. The molecule has 0 fully saturated rings. The van der Waals surface area contributed by atoms with Crippen LogP contribution in [0.4, 0.5) is 4.39 Å². The summed E-state index contributed by atoms with van der Waals surface area (Å²) in [4.78, 5) is 15.5. The minimum atomic E-state index is -0.438. The summed E-state index contributed by atoms with van der Waals surface area (Å²) in [6.45, 7) is 1.99. The first kappa shape index (κ1) is 13.1. The molecular weight excluding hydrogens is 321 g/mol. The van der Waals surface area contributed by atoms with E-state index in [1.165, 1.54) is 6.07 Å². The highest BCUT2D eigenvalue weighted by molar-refractivity contribution is 9.10. The standard InChI is InChI=1S/C16H11BrFNO/c1-9-2-4-11-12(8-19-15(11)6-9)16(20)10-3-5-13(17)14(18)7-10/h2-8,19H,1H3. The molecule has 0 aliphatic rings.